The fourth-order valence-corrected chi connectivity index (χ4v) is 5.40. The van der Waals surface area contributed by atoms with Crippen LogP contribution in [0.15, 0.2) is 71.6 Å². The van der Waals surface area contributed by atoms with Gasteiger partial charge < -0.3 is 9.64 Å². The monoisotopic (exact) mass is 452 g/mol. The molecule has 32 heavy (non-hydrogen) atoms. The highest BCUT2D eigenvalue weighted by atomic mass is 32.2. The molecule has 0 spiro atoms. The smallest absolute Gasteiger partial charge is 0.243 e. The summed E-state index contributed by atoms with van der Waals surface area (Å²) in [5, 5.41) is 1.90. The van der Waals surface area contributed by atoms with Crippen molar-refractivity contribution in [1.82, 2.24) is 9.21 Å². The first-order chi connectivity index (χ1) is 15.3. The summed E-state index contributed by atoms with van der Waals surface area (Å²) in [6, 6.07) is 20.5. The number of rotatable bonds is 6. The van der Waals surface area contributed by atoms with Crippen molar-refractivity contribution in [2.75, 3.05) is 26.2 Å². The lowest BCUT2D eigenvalue weighted by atomic mass is 10.1. The second-order valence-electron chi connectivity index (χ2n) is 8.28. The lowest BCUT2D eigenvalue weighted by Crippen LogP contribution is -2.50. The molecule has 3 aromatic carbocycles. The van der Waals surface area contributed by atoms with Crippen LogP contribution < -0.4 is 4.74 Å². The number of hydrogen-bond donors (Lipinski definition) is 0. The van der Waals surface area contributed by atoms with Gasteiger partial charge in [-0.3, -0.25) is 4.79 Å². The van der Waals surface area contributed by atoms with Gasteiger partial charge >= 0.3 is 0 Å². The van der Waals surface area contributed by atoms with E-state index in [2.05, 4.69) is 0 Å². The molecule has 0 aromatic heterocycles. The molecule has 0 atom stereocenters. The van der Waals surface area contributed by atoms with Gasteiger partial charge in [0.25, 0.3) is 0 Å². The maximum Gasteiger partial charge on any atom is 0.243 e. The van der Waals surface area contributed by atoms with E-state index in [0.717, 1.165) is 22.1 Å². The molecule has 0 saturated carbocycles. The Morgan fingerprint density at radius 1 is 0.906 bits per heavy atom. The van der Waals surface area contributed by atoms with Crippen molar-refractivity contribution in [3.8, 4) is 5.75 Å². The normalized spacial score (nSPS) is 15.3. The van der Waals surface area contributed by atoms with Crippen molar-refractivity contribution in [3.63, 3.8) is 0 Å². The molecule has 168 valence electrons. The van der Waals surface area contributed by atoms with Crippen LogP contribution in [0.25, 0.3) is 10.8 Å². The van der Waals surface area contributed by atoms with Gasteiger partial charge in [-0.1, -0.05) is 42.5 Å². The second-order valence-corrected chi connectivity index (χ2v) is 10.2. The predicted octanol–water partition coefficient (Wildman–Crippen LogP) is 3.70. The molecule has 1 saturated heterocycles. The van der Waals surface area contributed by atoms with E-state index in [4.69, 9.17) is 4.74 Å². The molecule has 0 aliphatic carbocycles. The molecule has 1 aliphatic heterocycles. The van der Waals surface area contributed by atoms with E-state index >= 15 is 0 Å². The van der Waals surface area contributed by atoms with Crippen LogP contribution in [-0.2, 0) is 21.2 Å². The minimum absolute atomic E-state index is 0.00514. The molecular weight excluding hydrogens is 424 g/mol. The Morgan fingerprint density at radius 2 is 1.62 bits per heavy atom. The standard InChI is InChI=1S/C25H28N2O4S/c1-19(2)31-23-9-5-6-20(16-23)17-25(28)26-12-14-27(15-13-26)32(29,30)24-11-10-21-7-3-4-8-22(21)18-24/h3-11,16,18-19H,12-15,17H2,1-2H3. The number of benzene rings is 3. The van der Waals surface area contributed by atoms with Gasteiger partial charge in [0.2, 0.25) is 15.9 Å². The minimum atomic E-state index is -3.60. The Kier molecular flexibility index (Phi) is 6.48. The van der Waals surface area contributed by atoms with Crippen LogP contribution >= 0.6 is 0 Å². The highest BCUT2D eigenvalue weighted by Crippen LogP contribution is 2.23. The van der Waals surface area contributed by atoms with Crippen molar-refractivity contribution in [1.29, 1.82) is 0 Å². The first-order valence-corrected chi connectivity index (χ1v) is 12.3. The van der Waals surface area contributed by atoms with Gasteiger partial charge in [-0.15, -0.1) is 0 Å². The Balaban J connectivity index is 1.39. The summed E-state index contributed by atoms with van der Waals surface area (Å²) in [6.07, 6.45) is 0.339. The van der Waals surface area contributed by atoms with E-state index in [1.807, 2.05) is 68.4 Å². The number of ether oxygens (including phenoxy) is 1. The lowest BCUT2D eigenvalue weighted by Gasteiger charge is -2.34. The fraction of sp³-hybridized carbons (Fsp3) is 0.320. The molecule has 1 amide bonds. The number of hydrogen-bond acceptors (Lipinski definition) is 4. The third kappa shape index (κ3) is 4.95. The van der Waals surface area contributed by atoms with Crippen molar-refractivity contribution >= 4 is 26.7 Å². The van der Waals surface area contributed by atoms with Gasteiger partial charge in [0.15, 0.2) is 0 Å². The molecule has 0 radical (unpaired) electrons. The summed E-state index contributed by atoms with van der Waals surface area (Å²) < 4.78 is 33.4. The van der Waals surface area contributed by atoms with Crippen LogP contribution in [0.2, 0.25) is 0 Å². The van der Waals surface area contributed by atoms with Crippen molar-refractivity contribution < 1.29 is 17.9 Å². The fourth-order valence-electron chi connectivity index (χ4n) is 3.94. The predicted molar refractivity (Wildman–Crippen MR) is 125 cm³/mol. The third-order valence-corrected chi connectivity index (χ3v) is 7.47. The van der Waals surface area contributed by atoms with Gasteiger partial charge in [0.1, 0.15) is 5.75 Å². The third-order valence-electron chi connectivity index (χ3n) is 5.58. The summed E-state index contributed by atoms with van der Waals surface area (Å²) in [5.41, 5.74) is 0.888. The Morgan fingerprint density at radius 3 is 2.34 bits per heavy atom. The van der Waals surface area contributed by atoms with Gasteiger partial charge in [0, 0.05) is 26.2 Å². The average molecular weight is 453 g/mol. The summed E-state index contributed by atoms with van der Waals surface area (Å²) in [4.78, 5) is 14.8. The number of carbonyl (C=O) groups excluding carboxylic acids is 1. The summed E-state index contributed by atoms with van der Waals surface area (Å²) in [5.74, 6) is 0.742. The van der Waals surface area contributed by atoms with Gasteiger partial charge in [0.05, 0.1) is 17.4 Å². The highest BCUT2D eigenvalue weighted by Gasteiger charge is 2.30. The average Bonchev–Trinajstić information content (AvgIpc) is 2.78. The van der Waals surface area contributed by atoms with Gasteiger partial charge in [-0.05, 0) is 54.4 Å². The van der Waals surface area contributed by atoms with E-state index in [0.29, 0.717) is 13.1 Å². The first kappa shape index (κ1) is 22.3. The van der Waals surface area contributed by atoms with Crippen LogP contribution in [0.4, 0.5) is 0 Å². The van der Waals surface area contributed by atoms with Crippen molar-refractivity contribution in [3.05, 3.63) is 72.3 Å². The minimum Gasteiger partial charge on any atom is -0.491 e. The van der Waals surface area contributed by atoms with Crippen molar-refractivity contribution in [2.24, 2.45) is 0 Å². The summed E-state index contributed by atoms with van der Waals surface area (Å²) >= 11 is 0. The Hall–Kier alpha value is -2.90. The second kappa shape index (κ2) is 9.30. The van der Waals surface area contributed by atoms with E-state index in [1.54, 1.807) is 17.0 Å². The lowest BCUT2D eigenvalue weighted by molar-refractivity contribution is -0.131. The van der Waals surface area contributed by atoms with E-state index in [9.17, 15) is 13.2 Å². The zero-order valence-electron chi connectivity index (χ0n) is 18.4. The number of amides is 1. The molecule has 0 bridgehead atoms. The zero-order chi connectivity index (χ0) is 22.7. The maximum atomic E-state index is 13.1. The van der Waals surface area contributed by atoms with E-state index in [1.165, 1.54) is 4.31 Å². The number of fused-ring (bicyclic) bond motifs is 1. The maximum absolute atomic E-state index is 13.1. The highest BCUT2D eigenvalue weighted by molar-refractivity contribution is 7.89. The van der Waals surface area contributed by atoms with E-state index in [-0.39, 0.29) is 36.4 Å². The molecule has 6 nitrogen and oxygen atoms in total. The summed E-state index contributed by atoms with van der Waals surface area (Å²) in [7, 11) is -3.60. The molecule has 4 rings (SSSR count). The number of sulfonamides is 1. The zero-order valence-corrected chi connectivity index (χ0v) is 19.2. The van der Waals surface area contributed by atoms with Gasteiger partial charge in [-0.25, -0.2) is 8.42 Å². The molecular formula is C25H28N2O4S. The van der Waals surface area contributed by atoms with Crippen LogP contribution in [0.1, 0.15) is 19.4 Å². The topological polar surface area (TPSA) is 66.9 Å². The Labute approximate surface area is 189 Å². The SMILES string of the molecule is CC(C)Oc1cccc(CC(=O)N2CCN(S(=O)(=O)c3ccc4ccccc4c3)CC2)c1. The molecule has 3 aromatic rings. The molecule has 1 fully saturated rings. The Bertz CT molecular complexity index is 1220. The van der Waals surface area contributed by atoms with Crippen LogP contribution in [0, 0.1) is 0 Å². The van der Waals surface area contributed by atoms with Crippen molar-refractivity contribution in [2.45, 2.75) is 31.3 Å². The molecule has 7 heteroatoms. The number of nitrogens with zero attached hydrogens (tertiary/aromatic N) is 2. The summed E-state index contributed by atoms with van der Waals surface area (Å²) in [6.45, 7) is 5.27. The molecule has 0 N–H and O–H groups in total. The van der Waals surface area contributed by atoms with Crippen LogP contribution in [-0.4, -0.2) is 55.8 Å². The van der Waals surface area contributed by atoms with Gasteiger partial charge in [-0.2, -0.15) is 4.31 Å². The first-order valence-electron chi connectivity index (χ1n) is 10.9. The van der Waals surface area contributed by atoms with Crippen LogP contribution in [0.5, 0.6) is 5.75 Å². The molecule has 1 aliphatic rings. The largest absolute Gasteiger partial charge is 0.491 e. The number of carbonyl (C=O) groups is 1. The van der Waals surface area contributed by atoms with Crippen LogP contribution in [0.3, 0.4) is 0 Å². The van der Waals surface area contributed by atoms with E-state index < -0.39 is 10.0 Å². The molecule has 0 unspecified atom stereocenters. The quantitative estimate of drug-likeness (QED) is 0.572. The molecule has 1 heterocycles. The number of piperazine rings is 1.